The van der Waals surface area contributed by atoms with Gasteiger partial charge in [0, 0.05) is 18.1 Å². The molecular formula is C17H23Cl2N3O. The van der Waals surface area contributed by atoms with Gasteiger partial charge in [-0.1, -0.05) is 31.2 Å². The predicted molar refractivity (Wildman–Crippen MR) is 98.8 cm³/mol. The van der Waals surface area contributed by atoms with E-state index in [0.717, 1.165) is 36.7 Å². The van der Waals surface area contributed by atoms with Crippen LogP contribution in [-0.4, -0.2) is 30.5 Å². The molecule has 0 radical (unpaired) electrons. The maximum atomic E-state index is 12.5. The van der Waals surface area contributed by atoms with Gasteiger partial charge in [0.25, 0.3) is 5.91 Å². The molecule has 2 heterocycles. The number of hydrogen-bond acceptors (Lipinski definition) is 3. The van der Waals surface area contributed by atoms with Gasteiger partial charge in [0.15, 0.2) is 0 Å². The number of nitrogens with zero attached hydrogens (tertiary/aromatic N) is 1. The monoisotopic (exact) mass is 355 g/mol. The van der Waals surface area contributed by atoms with E-state index >= 15 is 0 Å². The van der Waals surface area contributed by atoms with Crippen LogP contribution in [-0.2, 0) is 0 Å². The number of halogens is 2. The Labute approximate surface area is 149 Å². The average Bonchev–Trinajstić information content (AvgIpc) is 2.53. The second-order valence-electron chi connectivity index (χ2n) is 6.12. The first-order valence-corrected chi connectivity index (χ1v) is 7.51. The first-order chi connectivity index (χ1) is 10.2. The maximum absolute atomic E-state index is 12.5. The number of carbonyl (C=O) groups excluding carboxylic acids is 1. The zero-order valence-corrected chi connectivity index (χ0v) is 14.8. The summed E-state index contributed by atoms with van der Waals surface area (Å²) in [5, 5.41) is 8.39. The van der Waals surface area contributed by atoms with Crippen molar-refractivity contribution in [3.8, 4) is 0 Å². The van der Waals surface area contributed by atoms with E-state index in [1.54, 1.807) is 6.20 Å². The van der Waals surface area contributed by atoms with Crippen LogP contribution in [0.25, 0.3) is 10.8 Å². The van der Waals surface area contributed by atoms with Crippen molar-refractivity contribution in [2.24, 2.45) is 5.41 Å². The van der Waals surface area contributed by atoms with Crippen LogP contribution >= 0.6 is 24.8 Å². The largest absolute Gasteiger partial charge is 0.350 e. The lowest BCUT2D eigenvalue weighted by molar-refractivity contribution is 0.0919. The van der Waals surface area contributed by atoms with Crippen molar-refractivity contribution in [2.45, 2.75) is 19.8 Å². The highest BCUT2D eigenvalue weighted by molar-refractivity contribution is 6.05. The van der Waals surface area contributed by atoms with Crippen molar-refractivity contribution >= 4 is 41.5 Å². The summed E-state index contributed by atoms with van der Waals surface area (Å²) in [6, 6.07) is 9.79. The molecule has 3 rings (SSSR count). The van der Waals surface area contributed by atoms with Crippen molar-refractivity contribution < 1.29 is 4.79 Å². The van der Waals surface area contributed by atoms with Crippen LogP contribution in [0.3, 0.4) is 0 Å². The summed E-state index contributed by atoms with van der Waals surface area (Å²) in [4.78, 5) is 16.7. The van der Waals surface area contributed by atoms with Gasteiger partial charge in [-0.2, -0.15) is 0 Å². The predicted octanol–water partition coefficient (Wildman–Crippen LogP) is 3.20. The molecule has 0 bridgehead atoms. The SMILES string of the molecule is CC1(CNC(=O)c2nccc3ccccc23)CCNCC1.Cl.Cl. The molecule has 1 aliphatic heterocycles. The van der Waals surface area contributed by atoms with Gasteiger partial charge in [0.1, 0.15) is 5.69 Å². The highest BCUT2D eigenvalue weighted by atomic mass is 35.5. The summed E-state index contributed by atoms with van der Waals surface area (Å²) >= 11 is 0. The Hall–Kier alpha value is -1.36. The Balaban J connectivity index is 0.00000132. The first kappa shape index (κ1) is 19.7. The first-order valence-electron chi connectivity index (χ1n) is 7.51. The van der Waals surface area contributed by atoms with Gasteiger partial charge in [-0.3, -0.25) is 9.78 Å². The number of rotatable bonds is 3. The molecule has 1 saturated heterocycles. The Bertz CT molecular complexity index is 652. The van der Waals surface area contributed by atoms with Crippen LogP contribution in [0.15, 0.2) is 36.5 Å². The molecule has 23 heavy (non-hydrogen) atoms. The van der Waals surface area contributed by atoms with Gasteiger partial charge in [0.05, 0.1) is 0 Å². The number of benzene rings is 1. The van der Waals surface area contributed by atoms with Crippen LogP contribution < -0.4 is 10.6 Å². The number of nitrogens with one attached hydrogen (secondary N) is 2. The Morgan fingerprint density at radius 3 is 2.65 bits per heavy atom. The smallest absolute Gasteiger partial charge is 0.270 e. The van der Waals surface area contributed by atoms with Crippen molar-refractivity contribution in [3.05, 3.63) is 42.2 Å². The third-order valence-electron chi connectivity index (χ3n) is 4.38. The molecule has 1 aliphatic rings. The van der Waals surface area contributed by atoms with E-state index < -0.39 is 0 Å². The minimum Gasteiger partial charge on any atom is -0.350 e. The molecule has 1 aromatic heterocycles. The third kappa shape index (κ3) is 4.56. The number of aromatic nitrogens is 1. The van der Waals surface area contributed by atoms with Gasteiger partial charge >= 0.3 is 0 Å². The van der Waals surface area contributed by atoms with Gasteiger partial charge in [0.2, 0.25) is 0 Å². The van der Waals surface area contributed by atoms with Crippen molar-refractivity contribution in [3.63, 3.8) is 0 Å². The number of piperidine rings is 1. The molecule has 4 nitrogen and oxygen atoms in total. The molecular weight excluding hydrogens is 333 g/mol. The second kappa shape index (κ2) is 8.48. The normalized spacial score (nSPS) is 16.0. The fourth-order valence-corrected chi connectivity index (χ4v) is 2.89. The minimum atomic E-state index is -0.0773. The zero-order chi connectivity index (χ0) is 14.7. The molecule has 1 fully saturated rings. The van der Waals surface area contributed by atoms with Crippen LogP contribution in [0.1, 0.15) is 30.3 Å². The summed E-state index contributed by atoms with van der Waals surface area (Å²) in [7, 11) is 0. The number of pyridine rings is 1. The lowest BCUT2D eigenvalue weighted by Gasteiger charge is -2.34. The van der Waals surface area contributed by atoms with Crippen LogP contribution in [0.5, 0.6) is 0 Å². The molecule has 2 aromatic rings. The van der Waals surface area contributed by atoms with E-state index in [9.17, 15) is 4.79 Å². The van der Waals surface area contributed by atoms with Gasteiger partial charge in [-0.15, -0.1) is 24.8 Å². The number of fused-ring (bicyclic) bond motifs is 1. The Kier molecular flexibility index (Phi) is 7.26. The lowest BCUT2D eigenvalue weighted by Crippen LogP contribution is -2.43. The average molecular weight is 356 g/mol. The van der Waals surface area contributed by atoms with E-state index in [1.807, 2.05) is 30.3 Å². The van der Waals surface area contributed by atoms with E-state index in [2.05, 4.69) is 22.5 Å². The molecule has 1 amide bonds. The summed E-state index contributed by atoms with van der Waals surface area (Å²) in [5.74, 6) is -0.0773. The Morgan fingerprint density at radius 1 is 1.22 bits per heavy atom. The molecule has 2 N–H and O–H groups in total. The summed E-state index contributed by atoms with van der Waals surface area (Å²) in [5.41, 5.74) is 0.705. The molecule has 0 spiro atoms. The Morgan fingerprint density at radius 2 is 1.91 bits per heavy atom. The highest BCUT2D eigenvalue weighted by Gasteiger charge is 2.27. The quantitative estimate of drug-likeness (QED) is 0.888. The zero-order valence-electron chi connectivity index (χ0n) is 13.2. The molecule has 0 unspecified atom stereocenters. The van der Waals surface area contributed by atoms with Crippen LogP contribution in [0.4, 0.5) is 0 Å². The number of amides is 1. The molecule has 0 aliphatic carbocycles. The maximum Gasteiger partial charge on any atom is 0.270 e. The van der Waals surface area contributed by atoms with Crippen molar-refractivity contribution in [1.82, 2.24) is 15.6 Å². The van der Waals surface area contributed by atoms with E-state index in [0.29, 0.717) is 12.2 Å². The minimum absolute atomic E-state index is 0. The summed E-state index contributed by atoms with van der Waals surface area (Å²) in [6.45, 7) is 5.00. The summed E-state index contributed by atoms with van der Waals surface area (Å²) < 4.78 is 0. The molecule has 1 aromatic carbocycles. The van der Waals surface area contributed by atoms with Crippen LogP contribution in [0, 0.1) is 5.41 Å². The second-order valence-corrected chi connectivity index (χ2v) is 6.12. The number of carbonyl (C=O) groups is 1. The molecule has 0 saturated carbocycles. The molecule has 0 atom stereocenters. The third-order valence-corrected chi connectivity index (χ3v) is 4.38. The summed E-state index contributed by atoms with van der Waals surface area (Å²) in [6.07, 6.45) is 3.88. The molecule has 6 heteroatoms. The van der Waals surface area contributed by atoms with Crippen molar-refractivity contribution in [1.29, 1.82) is 0 Å². The van der Waals surface area contributed by atoms with E-state index in [-0.39, 0.29) is 36.1 Å². The van der Waals surface area contributed by atoms with Crippen molar-refractivity contribution in [2.75, 3.05) is 19.6 Å². The van der Waals surface area contributed by atoms with Gasteiger partial charge < -0.3 is 10.6 Å². The van der Waals surface area contributed by atoms with Crippen LogP contribution in [0.2, 0.25) is 0 Å². The van der Waals surface area contributed by atoms with E-state index in [1.165, 1.54) is 0 Å². The fourth-order valence-electron chi connectivity index (χ4n) is 2.89. The highest BCUT2D eigenvalue weighted by Crippen LogP contribution is 2.27. The molecule has 126 valence electrons. The standard InChI is InChI=1S/C17H21N3O.2ClH/c1-17(7-10-18-11-8-17)12-20-16(21)15-14-5-3-2-4-13(14)6-9-19-15;;/h2-6,9,18H,7-8,10-12H2,1H3,(H,20,21);2*1H. The van der Waals surface area contributed by atoms with Gasteiger partial charge in [-0.05, 0) is 42.8 Å². The van der Waals surface area contributed by atoms with E-state index in [4.69, 9.17) is 0 Å². The van der Waals surface area contributed by atoms with Gasteiger partial charge in [-0.25, -0.2) is 0 Å². The number of hydrogen-bond donors (Lipinski definition) is 2. The fraction of sp³-hybridized carbons (Fsp3) is 0.412. The topological polar surface area (TPSA) is 54.0 Å². The lowest BCUT2D eigenvalue weighted by atomic mass is 9.81.